The van der Waals surface area contributed by atoms with Crippen molar-refractivity contribution in [1.82, 2.24) is 9.88 Å². The molecule has 2 rings (SSSR count). The van der Waals surface area contributed by atoms with Crippen molar-refractivity contribution in [2.75, 3.05) is 0 Å². The molecular weight excluding hydrogens is 250 g/mol. The second-order valence-electron chi connectivity index (χ2n) is 4.92. The topological polar surface area (TPSA) is 57.0 Å². The molecule has 1 heterocycles. The van der Waals surface area contributed by atoms with Crippen molar-refractivity contribution in [2.24, 2.45) is 0 Å². The standard InChI is InChI=1S/C13H14ClN3O/c1-13(2,8-15)17(9-5-6-9)12(18)10-4-3-7-16-11(10)14/h3-4,7,9H,5-6H2,1-2H3. The smallest absolute Gasteiger partial charge is 0.258 e. The van der Waals surface area contributed by atoms with Crippen molar-refractivity contribution >= 4 is 17.5 Å². The van der Waals surface area contributed by atoms with Crippen LogP contribution < -0.4 is 0 Å². The number of rotatable bonds is 3. The minimum absolute atomic E-state index is 0.142. The third-order valence-corrected chi connectivity index (χ3v) is 3.30. The molecule has 0 unspecified atom stereocenters. The Morgan fingerprint density at radius 1 is 1.61 bits per heavy atom. The molecule has 0 aromatic carbocycles. The van der Waals surface area contributed by atoms with E-state index in [2.05, 4.69) is 11.1 Å². The molecule has 0 N–H and O–H groups in total. The largest absolute Gasteiger partial charge is 0.317 e. The number of nitrogens with zero attached hydrogens (tertiary/aromatic N) is 3. The maximum Gasteiger partial charge on any atom is 0.258 e. The Hall–Kier alpha value is -1.60. The summed E-state index contributed by atoms with van der Waals surface area (Å²) in [7, 11) is 0. The summed E-state index contributed by atoms with van der Waals surface area (Å²) in [6, 6.07) is 5.63. The highest BCUT2D eigenvalue weighted by atomic mass is 35.5. The van der Waals surface area contributed by atoms with Crippen molar-refractivity contribution in [1.29, 1.82) is 5.26 Å². The highest BCUT2D eigenvalue weighted by Crippen LogP contribution is 2.34. The number of carbonyl (C=O) groups excluding carboxylic acids is 1. The number of pyridine rings is 1. The molecule has 0 atom stereocenters. The number of hydrogen-bond donors (Lipinski definition) is 0. The first-order valence-electron chi connectivity index (χ1n) is 5.83. The van der Waals surface area contributed by atoms with Crippen LogP contribution in [0.15, 0.2) is 18.3 Å². The molecule has 0 saturated heterocycles. The average molecular weight is 264 g/mol. The molecule has 1 aromatic rings. The molecule has 1 aromatic heterocycles. The van der Waals surface area contributed by atoms with Gasteiger partial charge in [-0.1, -0.05) is 11.6 Å². The van der Waals surface area contributed by atoms with Gasteiger partial charge in [-0.05, 0) is 38.8 Å². The van der Waals surface area contributed by atoms with E-state index in [9.17, 15) is 10.1 Å². The quantitative estimate of drug-likeness (QED) is 0.788. The van der Waals surface area contributed by atoms with Gasteiger partial charge in [0.05, 0.1) is 11.6 Å². The van der Waals surface area contributed by atoms with Gasteiger partial charge >= 0.3 is 0 Å². The van der Waals surface area contributed by atoms with E-state index >= 15 is 0 Å². The summed E-state index contributed by atoms with van der Waals surface area (Å²) in [5.74, 6) is -0.220. The number of amides is 1. The minimum atomic E-state index is -0.836. The maximum atomic E-state index is 12.5. The second kappa shape index (κ2) is 4.58. The number of aromatic nitrogens is 1. The fourth-order valence-corrected chi connectivity index (χ4v) is 2.14. The van der Waals surface area contributed by atoms with E-state index in [1.54, 1.807) is 30.9 Å². The average Bonchev–Trinajstić information content (AvgIpc) is 3.14. The van der Waals surface area contributed by atoms with Gasteiger partial charge in [0, 0.05) is 12.2 Å². The lowest BCUT2D eigenvalue weighted by molar-refractivity contribution is 0.0615. The van der Waals surface area contributed by atoms with E-state index in [4.69, 9.17) is 11.6 Å². The lowest BCUT2D eigenvalue weighted by atomic mass is 10.0. The van der Waals surface area contributed by atoms with Gasteiger partial charge in [0.2, 0.25) is 0 Å². The first-order valence-corrected chi connectivity index (χ1v) is 6.20. The van der Waals surface area contributed by atoms with Gasteiger partial charge in [-0.2, -0.15) is 5.26 Å². The van der Waals surface area contributed by atoms with Crippen molar-refractivity contribution in [3.63, 3.8) is 0 Å². The van der Waals surface area contributed by atoms with E-state index in [1.807, 2.05) is 0 Å². The predicted octanol–water partition coefficient (Wildman–Crippen LogP) is 2.64. The molecule has 1 saturated carbocycles. The molecule has 0 radical (unpaired) electrons. The summed E-state index contributed by atoms with van der Waals surface area (Å²) >= 11 is 5.94. The van der Waals surface area contributed by atoms with Crippen LogP contribution in [0.5, 0.6) is 0 Å². The van der Waals surface area contributed by atoms with Gasteiger partial charge in [0.1, 0.15) is 10.7 Å². The summed E-state index contributed by atoms with van der Waals surface area (Å²) in [4.78, 5) is 18.0. The number of carbonyl (C=O) groups is 1. The molecule has 18 heavy (non-hydrogen) atoms. The van der Waals surface area contributed by atoms with Crippen LogP contribution >= 0.6 is 11.6 Å². The van der Waals surface area contributed by atoms with E-state index in [1.165, 1.54) is 6.20 Å². The van der Waals surface area contributed by atoms with Crippen LogP contribution in [0.2, 0.25) is 5.15 Å². The first-order chi connectivity index (χ1) is 8.47. The van der Waals surface area contributed by atoms with Crippen molar-refractivity contribution in [3.05, 3.63) is 29.0 Å². The number of hydrogen-bond acceptors (Lipinski definition) is 3. The Bertz CT molecular complexity index is 517. The van der Waals surface area contributed by atoms with Crippen LogP contribution in [0, 0.1) is 11.3 Å². The molecule has 0 spiro atoms. The lowest BCUT2D eigenvalue weighted by Crippen LogP contribution is -2.48. The number of halogens is 1. The van der Waals surface area contributed by atoms with Crippen LogP contribution in [0.3, 0.4) is 0 Å². The van der Waals surface area contributed by atoms with Crippen LogP contribution in [-0.2, 0) is 0 Å². The molecule has 1 amide bonds. The molecule has 1 fully saturated rings. The fraction of sp³-hybridized carbons (Fsp3) is 0.462. The molecule has 0 bridgehead atoms. The van der Waals surface area contributed by atoms with Gasteiger partial charge < -0.3 is 4.90 Å². The van der Waals surface area contributed by atoms with Gasteiger partial charge in [0.25, 0.3) is 5.91 Å². The van der Waals surface area contributed by atoms with Gasteiger partial charge in [0.15, 0.2) is 0 Å². The SMILES string of the molecule is CC(C)(C#N)N(C(=O)c1cccnc1Cl)C1CC1. The maximum absolute atomic E-state index is 12.5. The van der Waals surface area contributed by atoms with Crippen LogP contribution in [-0.4, -0.2) is 27.4 Å². The van der Waals surface area contributed by atoms with Crippen LogP contribution in [0.1, 0.15) is 37.0 Å². The molecule has 94 valence electrons. The second-order valence-corrected chi connectivity index (χ2v) is 5.28. The zero-order valence-electron chi connectivity index (χ0n) is 10.4. The van der Waals surface area contributed by atoms with E-state index in [-0.39, 0.29) is 17.1 Å². The Kier molecular flexibility index (Phi) is 3.27. The molecule has 0 aliphatic heterocycles. The van der Waals surface area contributed by atoms with E-state index in [0.29, 0.717) is 5.56 Å². The Morgan fingerprint density at radius 2 is 2.28 bits per heavy atom. The van der Waals surface area contributed by atoms with E-state index < -0.39 is 5.54 Å². The lowest BCUT2D eigenvalue weighted by Gasteiger charge is -2.33. The highest BCUT2D eigenvalue weighted by molar-refractivity contribution is 6.32. The predicted molar refractivity (Wildman–Crippen MR) is 68.1 cm³/mol. The summed E-state index contributed by atoms with van der Waals surface area (Å²) in [5.41, 5.74) is -0.480. The molecule has 4 nitrogen and oxygen atoms in total. The Balaban J connectivity index is 2.37. The third-order valence-electron chi connectivity index (χ3n) is 3.00. The molecule has 1 aliphatic rings. The van der Waals surface area contributed by atoms with Crippen molar-refractivity contribution in [3.8, 4) is 6.07 Å². The molecule has 5 heteroatoms. The summed E-state index contributed by atoms with van der Waals surface area (Å²) in [6.07, 6.45) is 3.42. The van der Waals surface area contributed by atoms with Crippen LogP contribution in [0.25, 0.3) is 0 Å². The first kappa shape index (κ1) is 12.8. The van der Waals surface area contributed by atoms with Crippen LogP contribution in [0.4, 0.5) is 0 Å². The van der Waals surface area contributed by atoms with Gasteiger partial charge in [-0.25, -0.2) is 4.98 Å². The fourth-order valence-electron chi connectivity index (χ4n) is 1.94. The van der Waals surface area contributed by atoms with E-state index in [0.717, 1.165) is 12.8 Å². The monoisotopic (exact) mass is 263 g/mol. The zero-order chi connectivity index (χ0) is 13.3. The van der Waals surface area contributed by atoms with Gasteiger partial charge in [-0.3, -0.25) is 4.79 Å². The van der Waals surface area contributed by atoms with Crippen molar-refractivity contribution < 1.29 is 4.79 Å². The Morgan fingerprint density at radius 3 is 2.78 bits per heavy atom. The highest BCUT2D eigenvalue weighted by Gasteiger charge is 2.42. The van der Waals surface area contributed by atoms with Crippen molar-refractivity contribution in [2.45, 2.75) is 38.3 Å². The zero-order valence-corrected chi connectivity index (χ0v) is 11.1. The summed E-state index contributed by atoms with van der Waals surface area (Å²) in [6.45, 7) is 3.49. The Labute approximate surface area is 111 Å². The molecular formula is C13H14ClN3O. The van der Waals surface area contributed by atoms with Gasteiger partial charge in [-0.15, -0.1) is 0 Å². The number of nitriles is 1. The third kappa shape index (κ3) is 2.32. The minimum Gasteiger partial charge on any atom is -0.317 e. The summed E-state index contributed by atoms with van der Waals surface area (Å²) in [5, 5.41) is 9.40. The summed E-state index contributed by atoms with van der Waals surface area (Å²) < 4.78 is 0. The molecule has 1 aliphatic carbocycles. The normalized spacial score (nSPS) is 15.0.